The number of nitrogens with one attached hydrogen (secondary N) is 1. The van der Waals surface area contributed by atoms with Gasteiger partial charge in [-0.15, -0.1) is 10.2 Å². The van der Waals surface area contributed by atoms with Gasteiger partial charge < -0.3 is 0 Å². The van der Waals surface area contributed by atoms with E-state index in [0.29, 0.717) is 6.54 Å². The molecular weight excluding hydrogens is 273 g/mol. The molecule has 1 aromatic carbocycles. The lowest BCUT2D eigenvalue weighted by atomic mass is 10.1. The average Bonchev–Trinajstić information content (AvgIpc) is 2.86. The van der Waals surface area contributed by atoms with Gasteiger partial charge in [0.15, 0.2) is 0 Å². The fourth-order valence-electron chi connectivity index (χ4n) is 1.55. The van der Waals surface area contributed by atoms with E-state index in [2.05, 4.69) is 10.2 Å². The van der Waals surface area contributed by atoms with E-state index in [1.165, 1.54) is 10.9 Å². The Labute approximate surface area is 112 Å². The summed E-state index contributed by atoms with van der Waals surface area (Å²) < 4.78 is 41.9. The van der Waals surface area contributed by atoms with Crippen molar-refractivity contribution in [3.05, 3.63) is 42.0 Å². The molecule has 0 spiro atoms. The monoisotopic (exact) mass is 284 g/mol. The minimum Gasteiger partial charge on any atom is -0.300 e. The highest BCUT2D eigenvalue weighted by Crippen LogP contribution is 2.29. The number of benzene rings is 1. The predicted molar refractivity (Wildman–Crippen MR) is 64.6 cm³/mol. The van der Waals surface area contributed by atoms with E-state index in [1.807, 2.05) is 5.32 Å². The number of carbonyl (C=O) groups is 1. The van der Waals surface area contributed by atoms with Crippen molar-refractivity contribution in [2.45, 2.75) is 19.4 Å². The van der Waals surface area contributed by atoms with Crippen molar-refractivity contribution in [1.82, 2.24) is 14.8 Å². The molecule has 1 aromatic heterocycles. The lowest BCUT2D eigenvalue weighted by Crippen LogP contribution is -2.33. The summed E-state index contributed by atoms with van der Waals surface area (Å²) in [5.41, 5.74) is -0.598. The molecule has 0 aliphatic carbocycles. The number of carbonyl (C=O) groups excluding carboxylic acids is 1. The number of aromatic nitrogens is 3. The lowest BCUT2D eigenvalue weighted by molar-refractivity contribution is -0.141. The molecule has 2 rings (SSSR count). The smallest absolute Gasteiger partial charge is 0.300 e. The molecule has 5 nitrogen and oxygen atoms in total. The van der Waals surface area contributed by atoms with Crippen LogP contribution in [0.4, 0.5) is 19.1 Å². The van der Waals surface area contributed by atoms with Crippen LogP contribution in [0.3, 0.4) is 0 Å². The van der Waals surface area contributed by atoms with Crippen molar-refractivity contribution in [1.29, 1.82) is 0 Å². The molecule has 0 fully saturated rings. The molecular formula is C12H11F3N4O. The first-order valence-electron chi connectivity index (χ1n) is 5.78. The maximum Gasteiger partial charge on any atom is 0.350 e. The van der Waals surface area contributed by atoms with Gasteiger partial charge in [-0.05, 0) is 31.2 Å². The second-order valence-corrected chi connectivity index (χ2v) is 3.98. The third kappa shape index (κ3) is 2.63. The molecule has 0 unspecified atom stereocenters. The molecule has 2 aromatic rings. The molecule has 0 aliphatic rings. The Morgan fingerprint density at radius 2 is 2.00 bits per heavy atom. The highest BCUT2D eigenvalue weighted by atomic mass is 19.3. The van der Waals surface area contributed by atoms with E-state index in [0.717, 1.165) is 24.3 Å². The van der Waals surface area contributed by atoms with Crippen LogP contribution in [0.25, 0.3) is 0 Å². The number of rotatable bonds is 4. The Hall–Kier alpha value is -2.38. The van der Waals surface area contributed by atoms with Gasteiger partial charge in [0, 0.05) is 12.1 Å². The molecule has 1 heterocycles. The first kappa shape index (κ1) is 14.0. The first-order valence-corrected chi connectivity index (χ1v) is 5.78. The third-order valence-corrected chi connectivity index (χ3v) is 2.67. The quantitative estimate of drug-likeness (QED) is 0.936. The summed E-state index contributed by atoms with van der Waals surface area (Å²) in [6, 6.07) is 3.45. The third-order valence-electron chi connectivity index (χ3n) is 2.67. The summed E-state index contributed by atoms with van der Waals surface area (Å²) in [6.07, 6.45) is 1.31. The van der Waals surface area contributed by atoms with Crippen LogP contribution >= 0.6 is 0 Å². The Morgan fingerprint density at radius 3 is 2.60 bits per heavy atom. The molecule has 1 amide bonds. The fraction of sp³-hybridized carbons (Fsp3) is 0.250. The zero-order valence-electron chi connectivity index (χ0n) is 10.5. The normalized spacial score (nSPS) is 11.4. The van der Waals surface area contributed by atoms with Gasteiger partial charge in [0.2, 0.25) is 5.95 Å². The Bertz CT molecular complexity index is 609. The summed E-state index contributed by atoms with van der Waals surface area (Å²) >= 11 is 0. The van der Waals surface area contributed by atoms with Crippen LogP contribution in [0.2, 0.25) is 0 Å². The second kappa shape index (κ2) is 5.32. The van der Waals surface area contributed by atoms with Gasteiger partial charge in [0.05, 0.1) is 0 Å². The van der Waals surface area contributed by atoms with Gasteiger partial charge in [0.1, 0.15) is 12.1 Å². The number of alkyl halides is 2. The molecule has 8 heteroatoms. The van der Waals surface area contributed by atoms with E-state index < -0.39 is 23.2 Å². The van der Waals surface area contributed by atoms with Crippen LogP contribution in [0.1, 0.15) is 12.5 Å². The van der Waals surface area contributed by atoms with Crippen molar-refractivity contribution in [2.75, 3.05) is 5.32 Å². The summed E-state index contributed by atoms with van der Waals surface area (Å²) in [6.45, 7) is 2.17. The Kier molecular flexibility index (Phi) is 3.73. The summed E-state index contributed by atoms with van der Waals surface area (Å²) in [5, 5.41) is 9.05. The average molecular weight is 284 g/mol. The van der Waals surface area contributed by atoms with Crippen molar-refractivity contribution in [3.63, 3.8) is 0 Å². The maximum atomic E-state index is 13.9. The van der Waals surface area contributed by atoms with Gasteiger partial charge in [-0.3, -0.25) is 14.7 Å². The van der Waals surface area contributed by atoms with Gasteiger partial charge in [-0.2, -0.15) is 8.78 Å². The van der Waals surface area contributed by atoms with Crippen LogP contribution in [-0.2, 0) is 17.3 Å². The number of amides is 1. The molecule has 0 saturated carbocycles. The van der Waals surface area contributed by atoms with Crippen LogP contribution in [-0.4, -0.2) is 20.7 Å². The fourth-order valence-corrected chi connectivity index (χ4v) is 1.55. The van der Waals surface area contributed by atoms with Crippen molar-refractivity contribution >= 4 is 11.9 Å². The van der Waals surface area contributed by atoms with Crippen molar-refractivity contribution < 1.29 is 18.0 Å². The minimum atomic E-state index is -3.79. The standard InChI is InChI=1S/C12H11F3N4O/c1-2-19-7-16-18-11(19)17-10(20)12(14,15)8-3-5-9(13)6-4-8/h3-7H,2H2,1H3,(H,17,18,20). The highest BCUT2D eigenvalue weighted by molar-refractivity contribution is 5.95. The van der Waals surface area contributed by atoms with Crippen LogP contribution in [0.15, 0.2) is 30.6 Å². The molecule has 1 N–H and O–H groups in total. The zero-order chi connectivity index (χ0) is 14.8. The summed E-state index contributed by atoms with van der Waals surface area (Å²) in [5.74, 6) is -6.07. The Morgan fingerprint density at radius 1 is 1.35 bits per heavy atom. The number of anilines is 1. The van der Waals surface area contributed by atoms with Gasteiger partial charge in [0.25, 0.3) is 0 Å². The minimum absolute atomic E-state index is 0.0701. The van der Waals surface area contributed by atoms with Gasteiger partial charge in [-0.1, -0.05) is 0 Å². The van der Waals surface area contributed by atoms with Crippen LogP contribution in [0, 0.1) is 5.82 Å². The highest BCUT2D eigenvalue weighted by Gasteiger charge is 2.41. The SMILES string of the molecule is CCn1cnnc1NC(=O)C(F)(F)c1ccc(F)cc1. The van der Waals surface area contributed by atoms with E-state index in [9.17, 15) is 18.0 Å². The van der Waals surface area contributed by atoms with Gasteiger partial charge in [-0.25, -0.2) is 4.39 Å². The largest absolute Gasteiger partial charge is 0.350 e. The predicted octanol–water partition coefficient (Wildman–Crippen LogP) is 2.17. The lowest BCUT2D eigenvalue weighted by Gasteiger charge is -2.16. The Balaban J connectivity index is 2.21. The number of hydrogen-bond donors (Lipinski definition) is 1. The molecule has 20 heavy (non-hydrogen) atoms. The first-order chi connectivity index (χ1) is 9.45. The van der Waals surface area contributed by atoms with E-state index in [-0.39, 0.29) is 5.95 Å². The second-order valence-electron chi connectivity index (χ2n) is 3.98. The van der Waals surface area contributed by atoms with E-state index >= 15 is 0 Å². The van der Waals surface area contributed by atoms with Crippen LogP contribution in [0.5, 0.6) is 0 Å². The number of halogens is 3. The van der Waals surface area contributed by atoms with E-state index in [1.54, 1.807) is 6.92 Å². The molecule has 0 atom stereocenters. The van der Waals surface area contributed by atoms with Gasteiger partial charge >= 0.3 is 11.8 Å². The summed E-state index contributed by atoms with van der Waals surface area (Å²) in [4.78, 5) is 11.6. The molecule has 106 valence electrons. The van der Waals surface area contributed by atoms with Crippen molar-refractivity contribution in [3.8, 4) is 0 Å². The van der Waals surface area contributed by atoms with Crippen molar-refractivity contribution in [2.24, 2.45) is 0 Å². The maximum absolute atomic E-state index is 13.9. The molecule has 0 aliphatic heterocycles. The van der Waals surface area contributed by atoms with E-state index in [4.69, 9.17) is 0 Å². The molecule has 0 bridgehead atoms. The molecule has 0 saturated heterocycles. The summed E-state index contributed by atoms with van der Waals surface area (Å²) in [7, 11) is 0. The zero-order valence-corrected chi connectivity index (χ0v) is 10.5. The van der Waals surface area contributed by atoms with Crippen LogP contribution < -0.4 is 5.32 Å². The number of aryl methyl sites for hydroxylation is 1. The number of hydrogen-bond acceptors (Lipinski definition) is 3. The number of nitrogens with zero attached hydrogens (tertiary/aromatic N) is 3. The topological polar surface area (TPSA) is 59.8 Å². The molecule has 0 radical (unpaired) electrons.